The number of urea groups is 1. The van der Waals surface area contributed by atoms with Gasteiger partial charge in [0.2, 0.25) is 5.56 Å². The van der Waals surface area contributed by atoms with Crippen LogP contribution in [0.15, 0.2) is 71.7 Å². The van der Waals surface area contributed by atoms with E-state index in [9.17, 15) is 14.4 Å². The maximum absolute atomic E-state index is 13.2. The van der Waals surface area contributed by atoms with Crippen LogP contribution in [0.5, 0.6) is 0 Å². The molecule has 5 rings (SSSR count). The molecule has 0 bridgehead atoms. The van der Waals surface area contributed by atoms with Gasteiger partial charge in [-0.1, -0.05) is 57.2 Å². The number of methoxy groups -OCH3 is 1. The molecule has 3 heterocycles. The molecule has 0 atom stereocenters. The van der Waals surface area contributed by atoms with Crippen molar-refractivity contribution in [1.82, 2.24) is 9.55 Å². The Kier molecular flexibility index (Phi) is 7.45. The largest absolute Gasteiger partial charge is 0.464 e. The van der Waals surface area contributed by atoms with Gasteiger partial charge in [0.25, 0.3) is 0 Å². The standard InChI is InChI=1S/C32H35N5O4/c1-32(2,3)27-19-26(29(36(27)4)30(39)41-5)35-31(40)34-25-11-10-22(23-8-6-7-9-24(23)25)20-13-16-37(17-14-20)21-12-15-33-28(38)18-21/h6-13,15,18-19H,14,16-17H2,1-5H3,(H,33,38)(H2,34,35,40). The van der Waals surface area contributed by atoms with Crippen molar-refractivity contribution in [2.24, 2.45) is 7.05 Å². The Morgan fingerprint density at radius 2 is 1.71 bits per heavy atom. The Bertz CT molecular complexity index is 1720. The second-order valence-electron chi connectivity index (χ2n) is 11.2. The highest BCUT2D eigenvalue weighted by Gasteiger charge is 2.27. The smallest absolute Gasteiger partial charge is 0.356 e. The minimum Gasteiger partial charge on any atom is -0.464 e. The molecule has 9 nitrogen and oxygen atoms in total. The van der Waals surface area contributed by atoms with Gasteiger partial charge in [0.1, 0.15) is 0 Å². The maximum atomic E-state index is 13.2. The predicted molar refractivity (Wildman–Crippen MR) is 164 cm³/mol. The van der Waals surface area contributed by atoms with Crippen molar-refractivity contribution in [2.75, 3.05) is 35.7 Å². The van der Waals surface area contributed by atoms with E-state index >= 15 is 0 Å². The van der Waals surface area contributed by atoms with Crippen LogP contribution in [0.1, 0.15) is 48.9 Å². The van der Waals surface area contributed by atoms with E-state index in [1.807, 2.05) is 63.2 Å². The zero-order chi connectivity index (χ0) is 29.3. The molecule has 9 heteroatoms. The first-order valence-electron chi connectivity index (χ1n) is 13.6. The average molecular weight is 554 g/mol. The summed E-state index contributed by atoms with van der Waals surface area (Å²) in [6.45, 7) is 7.63. The number of fused-ring (bicyclic) bond motifs is 1. The number of nitrogens with zero attached hydrogens (tertiary/aromatic N) is 2. The number of esters is 1. The average Bonchev–Trinajstić information content (AvgIpc) is 3.28. The first kappa shape index (κ1) is 27.8. The van der Waals surface area contributed by atoms with Crippen LogP contribution in [0.4, 0.5) is 21.9 Å². The predicted octanol–water partition coefficient (Wildman–Crippen LogP) is 5.89. The van der Waals surface area contributed by atoms with Crippen LogP contribution in [-0.4, -0.2) is 41.8 Å². The summed E-state index contributed by atoms with van der Waals surface area (Å²) >= 11 is 0. The van der Waals surface area contributed by atoms with Gasteiger partial charge in [-0.05, 0) is 41.1 Å². The molecule has 4 aromatic rings. The van der Waals surface area contributed by atoms with Crippen molar-refractivity contribution in [3.05, 3.63) is 94.2 Å². The molecule has 0 radical (unpaired) electrons. The lowest BCUT2D eigenvalue weighted by Gasteiger charge is -2.29. The first-order chi connectivity index (χ1) is 19.6. The molecule has 0 spiro atoms. The lowest BCUT2D eigenvalue weighted by atomic mass is 9.92. The zero-order valence-electron chi connectivity index (χ0n) is 24.0. The number of H-pyrrole nitrogens is 1. The van der Waals surface area contributed by atoms with Gasteiger partial charge in [-0.3, -0.25) is 4.79 Å². The van der Waals surface area contributed by atoms with Crippen molar-refractivity contribution in [1.29, 1.82) is 0 Å². The van der Waals surface area contributed by atoms with Gasteiger partial charge in [0.15, 0.2) is 5.69 Å². The fraction of sp³-hybridized carbons (Fsp3) is 0.281. The van der Waals surface area contributed by atoms with Crippen molar-refractivity contribution in [2.45, 2.75) is 32.6 Å². The fourth-order valence-corrected chi connectivity index (χ4v) is 5.50. The molecular weight excluding hydrogens is 518 g/mol. The molecule has 0 aliphatic carbocycles. The molecule has 41 heavy (non-hydrogen) atoms. The minimum absolute atomic E-state index is 0.112. The summed E-state index contributed by atoms with van der Waals surface area (Å²) in [5, 5.41) is 7.78. The molecule has 0 fully saturated rings. The zero-order valence-corrected chi connectivity index (χ0v) is 24.0. The normalized spacial score (nSPS) is 13.6. The molecule has 0 saturated heterocycles. The van der Waals surface area contributed by atoms with Crippen molar-refractivity contribution < 1.29 is 14.3 Å². The summed E-state index contributed by atoms with van der Waals surface area (Å²) < 4.78 is 6.76. The minimum atomic E-state index is -0.522. The van der Waals surface area contributed by atoms with E-state index in [1.54, 1.807) is 23.9 Å². The monoisotopic (exact) mass is 553 g/mol. The number of nitrogens with one attached hydrogen (secondary N) is 3. The van der Waals surface area contributed by atoms with E-state index in [0.717, 1.165) is 40.7 Å². The van der Waals surface area contributed by atoms with E-state index in [-0.39, 0.29) is 16.7 Å². The third-order valence-electron chi connectivity index (χ3n) is 7.48. The van der Waals surface area contributed by atoms with Crippen LogP contribution in [-0.2, 0) is 17.2 Å². The Hall–Kier alpha value is -4.79. The number of hydrogen-bond acceptors (Lipinski definition) is 5. The summed E-state index contributed by atoms with van der Waals surface area (Å²) in [4.78, 5) is 42.4. The van der Waals surface area contributed by atoms with E-state index in [0.29, 0.717) is 17.9 Å². The highest BCUT2D eigenvalue weighted by atomic mass is 16.5. The maximum Gasteiger partial charge on any atom is 0.356 e. The number of benzene rings is 2. The van der Waals surface area contributed by atoms with Crippen LogP contribution in [0, 0.1) is 0 Å². The summed E-state index contributed by atoms with van der Waals surface area (Å²) in [6.07, 6.45) is 4.69. The number of aromatic amines is 1. The van der Waals surface area contributed by atoms with Gasteiger partial charge in [0, 0.05) is 54.6 Å². The highest BCUT2D eigenvalue weighted by Crippen LogP contribution is 2.35. The topological polar surface area (TPSA) is 108 Å². The summed E-state index contributed by atoms with van der Waals surface area (Å²) in [5.41, 5.74) is 5.11. The quantitative estimate of drug-likeness (QED) is 0.267. The second kappa shape index (κ2) is 11.0. The van der Waals surface area contributed by atoms with E-state index in [2.05, 4.69) is 32.7 Å². The number of rotatable bonds is 5. The van der Waals surface area contributed by atoms with E-state index < -0.39 is 12.0 Å². The number of carbonyl (C=O) groups is 2. The van der Waals surface area contributed by atoms with Crippen LogP contribution in [0.3, 0.4) is 0 Å². The molecule has 0 saturated carbocycles. The van der Waals surface area contributed by atoms with E-state index in [1.165, 1.54) is 12.7 Å². The lowest BCUT2D eigenvalue weighted by molar-refractivity contribution is 0.0590. The first-order valence-corrected chi connectivity index (χ1v) is 13.6. The van der Waals surface area contributed by atoms with Crippen LogP contribution >= 0.6 is 0 Å². The molecule has 1 aliphatic heterocycles. The SMILES string of the molecule is COC(=O)c1c(NC(=O)Nc2ccc(C3=CCN(c4cc[nH]c(=O)c4)CC3)c3ccccc23)cc(C(C)(C)C)n1C. The molecule has 3 N–H and O–H groups in total. The van der Waals surface area contributed by atoms with Gasteiger partial charge >= 0.3 is 12.0 Å². The number of hydrogen-bond donors (Lipinski definition) is 3. The molecule has 0 unspecified atom stereocenters. The molecule has 2 aromatic carbocycles. The number of aromatic nitrogens is 2. The number of ether oxygens (including phenoxy) is 1. The molecule has 1 aliphatic rings. The molecular formula is C32H35N5O4. The van der Waals surface area contributed by atoms with Gasteiger partial charge in [-0.15, -0.1) is 0 Å². The Labute approximate surface area is 238 Å². The fourth-order valence-electron chi connectivity index (χ4n) is 5.50. The molecule has 2 aromatic heterocycles. The number of carbonyl (C=O) groups excluding carboxylic acids is 2. The van der Waals surface area contributed by atoms with Crippen LogP contribution in [0.25, 0.3) is 16.3 Å². The molecule has 2 amide bonds. The lowest BCUT2D eigenvalue weighted by Crippen LogP contribution is -2.29. The third-order valence-corrected chi connectivity index (χ3v) is 7.48. The van der Waals surface area contributed by atoms with E-state index in [4.69, 9.17) is 4.74 Å². The summed E-state index contributed by atoms with van der Waals surface area (Å²) in [7, 11) is 3.12. The Morgan fingerprint density at radius 3 is 2.37 bits per heavy atom. The third kappa shape index (κ3) is 5.61. The Balaban J connectivity index is 1.40. The second-order valence-corrected chi connectivity index (χ2v) is 11.2. The summed E-state index contributed by atoms with van der Waals surface area (Å²) in [6, 6.07) is 16.8. The number of pyridine rings is 1. The van der Waals surface area contributed by atoms with Crippen molar-refractivity contribution >= 4 is 45.4 Å². The van der Waals surface area contributed by atoms with Crippen LogP contribution < -0.4 is 21.1 Å². The Morgan fingerprint density at radius 1 is 0.976 bits per heavy atom. The van der Waals surface area contributed by atoms with Crippen molar-refractivity contribution in [3.8, 4) is 0 Å². The van der Waals surface area contributed by atoms with Gasteiger partial charge < -0.3 is 29.8 Å². The van der Waals surface area contributed by atoms with Crippen LogP contribution in [0.2, 0.25) is 0 Å². The summed E-state index contributed by atoms with van der Waals surface area (Å²) in [5.74, 6) is -0.522. The molecule has 212 valence electrons. The van der Waals surface area contributed by atoms with Gasteiger partial charge in [-0.25, -0.2) is 9.59 Å². The number of amides is 2. The van der Waals surface area contributed by atoms with Crippen molar-refractivity contribution in [3.63, 3.8) is 0 Å². The highest BCUT2D eigenvalue weighted by molar-refractivity contribution is 6.10. The number of anilines is 3. The van der Waals surface area contributed by atoms with Gasteiger partial charge in [-0.2, -0.15) is 0 Å². The van der Waals surface area contributed by atoms with Gasteiger partial charge in [0.05, 0.1) is 18.5 Å².